The predicted molar refractivity (Wildman–Crippen MR) is 50.6 cm³/mol. The van der Waals surface area contributed by atoms with Crippen LogP contribution in [0.1, 0.15) is 33.1 Å². The molecule has 0 aliphatic heterocycles. The van der Waals surface area contributed by atoms with Crippen LogP contribution < -0.4 is 0 Å². The van der Waals surface area contributed by atoms with Crippen molar-refractivity contribution in [3.05, 3.63) is 0 Å². The third-order valence-corrected chi connectivity index (χ3v) is 7.17. The van der Waals surface area contributed by atoms with Gasteiger partial charge in [-0.25, -0.2) is 0 Å². The van der Waals surface area contributed by atoms with Gasteiger partial charge in [0.1, 0.15) is 0 Å². The van der Waals surface area contributed by atoms with E-state index in [1.54, 1.807) is 0 Å². The van der Waals surface area contributed by atoms with Crippen LogP contribution in [-0.4, -0.2) is 18.2 Å². The molecule has 2 atom stereocenters. The molecule has 0 nitrogen and oxygen atoms in total. The third kappa shape index (κ3) is 2.11. The lowest BCUT2D eigenvalue weighted by Crippen LogP contribution is -2.21. The molecule has 2 heteroatoms. The van der Waals surface area contributed by atoms with E-state index in [1.807, 2.05) is 0 Å². The quantitative estimate of drug-likeness (QED) is 0.589. The Hall–Kier alpha value is 1.25. The minimum Gasteiger partial charge on any atom is -0.306 e. The van der Waals surface area contributed by atoms with E-state index < -0.39 is 0 Å². The van der Waals surface area contributed by atoms with Crippen molar-refractivity contribution in [2.45, 2.75) is 37.2 Å². The van der Waals surface area contributed by atoms with Crippen molar-refractivity contribution in [2.24, 2.45) is 11.8 Å². The molecular weight excluding hydrogens is 200 g/mol. The molecule has 1 rings (SSSR count). The van der Waals surface area contributed by atoms with E-state index >= 15 is 0 Å². The van der Waals surface area contributed by atoms with Gasteiger partial charge in [-0.1, -0.05) is 44.9 Å². The first-order chi connectivity index (χ1) is 4.75. The number of hydrogen-bond donors (Lipinski definition) is 0. The van der Waals surface area contributed by atoms with Gasteiger partial charge in [0.2, 0.25) is 0 Å². The molecule has 56 valence electrons. The van der Waals surface area contributed by atoms with Crippen molar-refractivity contribution in [1.29, 1.82) is 0 Å². The predicted octanol–water partition coefficient (Wildman–Crippen LogP) is 3.25. The first kappa shape index (κ1) is 9.34. The van der Waals surface area contributed by atoms with Crippen LogP contribution in [0.15, 0.2) is 0 Å². The molecule has 0 heterocycles. The molecule has 0 bridgehead atoms. The number of halogens is 1. The second kappa shape index (κ2) is 4.32. The van der Waals surface area contributed by atoms with Crippen molar-refractivity contribution in [3.8, 4) is 0 Å². The summed E-state index contributed by atoms with van der Waals surface area (Å²) in [7, 11) is 0. The van der Waals surface area contributed by atoms with E-state index in [0.717, 1.165) is 15.9 Å². The fourth-order valence-corrected chi connectivity index (χ4v) is 6.96. The van der Waals surface area contributed by atoms with Crippen LogP contribution >= 0.6 is 12.9 Å². The van der Waals surface area contributed by atoms with E-state index in [4.69, 9.17) is 0 Å². The second-order valence-corrected chi connectivity index (χ2v) is 6.90. The summed E-state index contributed by atoms with van der Waals surface area (Å²) in [6.07, 6.45) is 4.43. The Balaban J connectivity index is 2.45. The van der Waals surface area contributed by atoms with Gasteiger partial charge >= 0.3 is 18.2 Å². The van der Waals surface area contributed by atoms with Crippen molar-refractivity contribution in [2.75, 3.05) is 0 Å². The van der Waals surface area contributed by atoms with Gasteiger partial charge < -0.3 is 12.9 Å². The molecule has 1 saturated carbocycles. The third-order valence-electron chi connectivity index (χ3n) is 2.96. The lowest BCUT2D eigenvalue weighted by molar-refractivity contribution is 0.301. The smallest absolute Gasteiger partial charge is 0.306 e. The Labute approximate surface area is 79.7 Å². The van der Waals surface area contributed by atoms with Gasteiger partial charge in [0.05, 0.1) is 0 Å². The summed E-state index contributed by atoms with van der Waals surface area (Å²) in [5.41, 5.74) is 0. The minimum absolute atomic E-state index is 0.0858. The SMILES string of the molecule is CC1CCCC(C)[CH]1[Mg][Br]. The molecule has 0 radical (unpaired) electrons. The monoisotopic (exact) mass is 214 g/mol. The van der Waals surface area contributed by atoms with Crippen LogP contribution in [-0.2, 0) is 0 Å². The summed E-state index contributed by atoms with van der Waals surface area (Å²) in [6, 6.07) is 0. The standard InChI is InChI=1S/C8H15.BrH.Mg/c1-7-4-3-5-8(2)6-7;;/h6-8H,3-5H2,1-2H3;1H;/q;;+1/p-1. The van der Waals surface area contributed by atoms with E-state index in [9.17, 15) is 0 Å². The Morgan fingerprint density at radius 2 is 1.70 bits per heavy atom. The van der Waals surface area contributed by atoms with Crippen molar-refractivity contribution in [3.63, 3.8) is 0 Å². The molecule has 1 aliphatic carbocycles. The van der Waals surface area contributed by atoms with E-state index in [-0.39, 0.29) is 18.2 Å². The zero-order valence-corrected chi connectivity index (χ0v) is 9.94. The molecule has 0 spiro atoms. The summed E-state index contributed by atoms with van der Waals surface area (Å²) >= 11 is 3.82. The Bertz CT molecular complexity index is 95.4. The first-order valence-corrected chi connectivity index (χ1v) is 9.03. The first-order valence-electron chi connectivity index (χ1n) is 4.31. The fraction of sp³-hybridized carbons (Fsp3) is 1.00. The van der Waals surface area contributed by atoms with Crippen LogP contribution in [0.5, 0.6) is 0 Å². The second-order valence-electron chi connectivity index (χ2n) is 3.70. The molecule has 2 unspecified atom stereocenters. The Kier molecular flexibility index (Phi) is 4.03. The minimum atomic E-state index is 0.0858. The van der Waals surface area contributed by atoms with Crippen LogP contribution in [0, 0.1) is 11.8 Å². The highest BCUT2D eigenvalue weighted by molar-refractivity contribution is 9.23. The van der Waals surface area contributed by atoms with E-state index in [2.05, 4.69) is 26.7 Å². The Morgan fingerprint density at radius 1 is 1.20 bits per heavy atom. The molecule has 0 amide bonds. The molecular formula is C8H15BrMg. The highest BCUT2D eigenvalue weighted by Crippen LogP contribution is 2.38. The normalized spacial score (nSPS) is 40.9. The average Bonchev–Trinajstić information content (AvgIpc) is 1.88. The van der Waals surface area contributed by atoms with E-state index in [0.29, 0.717) is 0 Å². The molecule has 0 aromatic heterocycles. The van der Waals surface area contributed by atoms with Gasteiger partial charge in [-0.2, -0.15) is 0 Å². The lowest BCUT2D eigenvalue weighted by atomic mass is 9.83. The van der Waals surface area contributed by atoms with Gasteiger partial charge in [-0.15, -0.1) is 4.05 Å². The fourth-order valence-electron chi connectivity index (χ4n) is 2.05. The van der Waals surface area contributed by atoms with Crippen LogP contribution in [0.2, 0.25) is 4.05 Å². The summed E-state index contributed by atoms with van der Waals surface area (Å²) in [5, 5.41) is 0. The molecule has 10 heavy (non-hydrogen) atoms. The van der Waals surface area contributed by atoms with E-state index in [1.165, 1.54) is 19.3 Å². The summed E-state index contributed by atoms with van der Waals surface area (Å²) in [4.78, 5) is 0. The topological polar surface area (TPSA) is 0 Å². The number of hydrogen-bond acceptors (Lipinski definition) is 0. The summed E-state index contributed by atoms with van der Waals surface area (Å²) in [6.45, 7) is 4.85. The lowest BCUT2D eigenvalue weighted by Gasteiger charge is -2.33. The van der Waals surface area contributed by atoms with Gasteiger partial charge in [0, 0.05) is 0 Å². The molecule has 0 aromatic rings. The van der Waals surface area contributed by atoms with Crippen molar-refractivity contribution >= 4 is 31.1 Å². The van der Waals surface area contributed by atoms with Crippen LogP contribution in [0.3, 0.4) is 0 Å². The molecule has 1 aliphatic rings. The Morgan fingerprint density at radius 3 is 2.00 bits per heavy atom. The van der Waals surface area contributed by atoms with Crippen LogP contribution in [0.25, 0.3) is 0 Å². The van der Waals surface area contributed by atoms with Crippen molar-refractivity contribution < 1.29 is 0 Å². The highest BCUT2D eigenvalue weighted by atomic mass is 79.9. The molecule has 0 aromatic carbocycles. The maximum Gasteiger partial charge on any atom is 0.472 e. The van der Waals surface area contributed by atoms with Crippen molar-refractivity contribution in [1.82, 2.24) is 0 Å². The average molecular weight is 215 g/mol. The van der Waals surface area contributed by atoms with Gasteiger partial charge in [-0.05, 0) is 0 Å². The van der Waals surface area contributed by atoms with Gasteiger partial charge in [-0.3, -0.25) is 0 Å². The molecule has 0 N–H and O–H groups in total. The van der Waals surface area contributed by atoms with Gasteiger partial charge in [0.15, 0.2) is 0 Å². The maximum absolute atomic E-state index is 3.73. The zero-order valence-electron chi connectivity index (χ0n) is 6.94. The molecule has 0 saturated heterocycles. The van der Waals surface area contributed by atoms with Crippen LogP contribution in [0.4, 0.5) is 0 Å². The summed E-state index contributed by atoms with van der Waals surface area (Å²) in [5.74, 6) is 2.02. The largest absolute Gasteiger partial charge is 0.472 e. The number of rotatable bonds is 1. The summed E-state index contributed by atoms with van der Waals surface area (Å²) < 4.78 is 1.08. The maximum atomic E-state index is 3.73. The molecule has 1 fully saturated rings. The highest BCUT2D eigenvalue weighted by Gasteiger charge is 2.27. The van der Waals surface area contributed by atoms with Gasteiger partial charge in [0.25, 0.3) is 0 Å². The zero-order chi connectivity index (χ0) is 7.56.